The first-order valence-electron chi connectivity index (χ1n) is 8.58. The fourth-order valence-electron chi connectivity index (χ4n) is 2.94. The highest BCUT2D eigenvalue weighted by Gasteiger charge is 2.13. The second-order valence-corrected chi connectivity index (χ2v) is 6.18. The summed E-state index contributed by atoms with van der Waals surface area (Å²) >= 11 is 0. The van der Waals surface area contributed by atoms with Crippen LogP contribution in [-0.4, -0.2) is 27.1 Å². The molecule has 6 heteroatoms. The molecule has 0 aliphatic heterocycles. The number of amides is 1. The van der Waals surface area contributed by atoms with Crippen molar-refractivity contribution in [1.29, 1.82) is 0 Å². The second-order valence-electron chi connectivity index (χ2n) is 6.18. The summed E-state index contributed by atoms with van der Waals surface area (Å²) in [4.78, 5) is 16.1. The molecule has 0 atom stereocenters. The zero-order valence-corrected chi connectivity index (χ0v) is 13.7. The minimum atomic E-state index is -0.229. The predicted molar refractivity (Wildman–Crippen MR) is 92.6 cm³/mol. The van der Waals surface area contributed by atoms with Gasteiger partial charge >= 0.3 is 0 Å². The monoisotopic (exact) mass is 325 g/mol. The Morgan fingerprint density at radius 1 is 1.08 bits per heavy atom. The number of rotatable bonds is 5. The SMILES string of the molecule is O=C(NCc1cccnc1)c1ccc(NC2CCCCCC2)nn1. The number of hydrogen-bond acceptors (Lipinski definition) is 5. The summed E-state index contributed by atoms with van der Waals surface area (Å²) in [5.74, 6) is 0.512. The van der Waals surface area contributed by atoms with E-state index in [1.165, 1.54) is 38.5 Å². The standard InChI is InChI=1S/C18H23N5O/c24-18(20-13-14-6-5-11-19-12-14)16-9-10-17(23-22-16)21-15-7-3-1-2-4-8-15/h5-6,9-12,15H,1-4,7-8,13H2,(H,20,24)(H,21,23). The first-order valence-corrected chi connectivity index (χ1v) is 8.58. The van der Waals surface area contributed by atoms with Crippen molar-refractivity contribution >= 4 is 11.7 Å². The van der Waals surface area contributed by atoms with Crippen molar-refractivity contribution in [3.05, 3.63) is 47.9 Å². The van der Waals surface area contributed by atoms with Crippen molar-refractivity contribution in [2.75, 3.05) is 5.32 Å². The van der Waals surface area contributed by atoms with Gasteiger partial charge in [-0.05, 0) is 36.6 Å². The molecule has 126 valence electrons. The molecule has 1 aliphatic rings. The Morgan fingerprint density at radius 3 is 2.58 bits per heavy atom. The molecule has 2 aromatic heterocycles. The van der Waals surface area contributed by atoms with E-state index in [0.717, 1.165) is 11.4 Å². The van der Waals surface area contributed by atoms with Crippen molar-refractivity contribution < 1.29 is 4.79 Å². The van der Waals surface area contributed by atoms with Gasteiger partial charge in [0.25, 0.3) is 5.91 Å². The molecule has 1 aliphatic carbocycles. The largest absolute Gasteiger partial charge is 0.366 e. The lowest BCUT2D eigenvalue weighted by molar-refractivity contribution is 0.0945. The van der Waals surface area contributed by atoms with E-state index in [4.69, 9.17) is 0 Å². The zero-order chi connectivity index (χ0) is 16.6. The second kappa shape index (κ2) is 8.38. The molecule has 0 unspecified atom stereocenters. The highest BCUT2D eigenvalue weighted by molar-refractivity contribution is 5.92. The number of pyridine rings is 1. The van der Waals surface area contributed by atoms with Crippen LogP contribution in [0.15, 0.2) is 36.7 Å². The van der Waals surface area contributed by atoms with Crippen LogP contribution in [-0.2, 0) is 6.54 Å². The molecule has 24 heavy (non-hydrogen) atoms. The van der Waals surface area contributed by atoms with Gasteiger partial charge in [-0.3, -0.25) is 9.78 Å². The Morgan fingerprint density at radius 2 is 1.92 bits per heavy atom. The van der Waals surface area contributed by atoms with E-state index in [0.29, 0.717) is 18.3 Å². The van der Waals surface area contributed by atoms with Crippen molar-refractivity contribution in [3.8, 4) is 0 Å². The number of carbonyl (C=O) groups excluding carboxylic acids is 1. The molecule has 0 aromatic carbocycles. The third-order valence-electron chi connectivity index (χ3n) is 4.28. The summed E-state index contributed by atoms with van der Waals surface area (Å²) in [6, 6.07) is 7.77. The molecule has 2 N–H and O–H groups in total. The smallest absolute Gasteiger partial charge is 0.272 e. The van der Waals surface area contributed by atoms with Crippen LogP contribution in [0.25, 0.3) is 0 Å². The predicted octanol–water partition coefficient (Wildman–Crippen LogP) is 2.94. The van der Waals surface area contributed by atoms with E-state index < -0.39 is 0 Å². The molecule has 1 fully saturated rings. The van der Waals surface area contributed by atoms with Gasteiger partial charge in [0, 0.05) is 25.0 Å². The molecule has 1 amide bonds. The number of carbonyl (C=O) groups is 1. The van der Waals surface area contributed by atoms with Crippen LogP contribution >= 0.6 is 0 Å². The molecular formula is C18H23N5O. The first-order chi connectivity index (χ1) is 11.8. The van der Waals surface area contributed by atoms with Crippen LogP contribution in [0.2, 0.25) is 0 Å². The third-order valence-corrected chi connectivity index (χ3v) is 4.28. The van der Waals surface area contributed by atoms with Gasteiger partial charge in [0.2, 0.25) is 0 Å². The molecule has 3 rings (SSSR count). The highest BCUT2D eigenvalue weighted by atomic mass is 16.1. The van der Waals surface area contributed by atoms with Crippen LogP contribution in [0.1, 0.15) is 54.6 Å². The lowest BCUT2D eigenvalue weighted by Crippen LogP contribution is -2.25. The molecular weight excluding hydrogens is 302 g/mol. The maximum atomic E-state index is 12.1. The van der Waals surface area contributed by atoms with Gasteiger partial charge in [-0.2, -0.15) is 0 Å². The first kappa shape index (κ1) is 16.4. The summed E-state index contributed by atoms with van der Waals surface area (Å²) in [5.41, 5.74) is 1.27. The number of nitrogens with one attached hydrogen (secondary N) is 2. The molecule has 0 radical (unpaired) electrons. The minimum absolute atomic E-state index is 0.229. The Kier molecular flexibility index (Phi) is 5.71. The lowest BCUT2D eigenvalue weighted by Gasteiger charge is -2.16. The summed E-state index contributed by atoms with van der Waals surface area (Å²) in [5, 5.41) is 14.4. The van der Waals surface area contributed by atoms with Gasteiger partial charge in [-0.1, -0.05) is 31.7 Å². The van der Waals surface area contributed by atoms with Gasteiger partial charge in [0.05, 0.1) is 0 Å². The molecule has 0 spiro atoms. The van der Waals surface area contributed by atoms with Crippen LogP contribution < -0.4 is 10.6 Å². The van der Waals surface area contributed by atoms with E-state index in [2.05, 4.69) is 25.8 Å². The third kappa shape index (κ3) is 4.75. The molecule has 6 nitrogen and oxygen atoms in total. The summed E-state index contributed by atoms with van der Waals surface area (Å²) in [7, 11) is 0. The number of hydrogen-bond donors (Lipinski definition) is 2. The van der Waals surface area contributed by atoms with Crippen LogP contribution in [0.4, 0.5) is 5.82 Å². The normalized spacial score (nSPS) is 15.5. The van der Waals surface area contributed by atoms with Gasteiger partial charge in [0.1, 0.15) is 5.82 Å². The lowest BCUT2D eigenvalue weighted by atomic mass is 10.1. The van der Waals surface area contributed by atoms with Gasteiger partial charge in [-0.25, -0.2) is 0 Å². The average molecular weight is 325 g/mol. The van der Waals surface area contributed by atoms with Gasteiger partial charge < -0.3 is 10.6 Å². The molecule has 2 aromatic rings. The van der Waals surface area contributed by atoms with Crippen LogP contribution in [0.3, 0.4) is 0 Å². The maximum Gasteiger partial charge on any atom is 0.272 e. The van der Waals surface area contributed by atoms with Crippen molar-refractivity contribution in [1.82, 2.24) is 20.5 Å². The van der Waals surface area contributed by atoms with Gasteiger partial charge in [-0.15, -0.1) is 10.2 Å². The zero-order valence-electron chi connectivity index (χ0n) is 13.7. The quantitative estimate of drug-likeness (QED) is 0.826. The fourth-order valence-corrected chi connectivity index (χ4v) is 2.94. The molecule has 0 bridgehead atoms. The topological polar surface area (TPSA) is 79.8 Å². The highest BCUT2D eigenvalue weighted by Crippen LogP contribution is 2.20. The van der Waals surface area contributed by atoms with Crippen molar-refractivity contribution in [3.63, 3.8) is 0 Å². The van der Waals surface area contributed by atoms with E-state index in [9.17, 15) is 4.79 Å². The Hall–Kier alpha value is -2.50. The maximum absolute atomic E-state index is 12.1. The van der Waals surface area contributed by atoms with Crippen LogP contribution in [0.5, 0.6) is 0 Å². The fraction of sp³-hybridized carbons (Fsp3) is 0.444. The van der Waals surface area contributed by atoms with Crippen LogP contribution in [0, 0.1) is 0 Å². The molecule has 0 saturated heterocycles. The number of nitrogens with zero attached hydrogens (tertiary/aromatic N) is 3. The van der Waals surface area contributed by atoms with E-state index in [1.807, 2.05) is 18.2 Å². The number of aromatic nitrogens is 3. The summed E-state index contributed by atoms with van der Waals surface area (Å²) in [6.45, 7) is 0.427. The molecule has 1 saturated carbocycles. The number of anilines is 1. The van der Waals surface area contributed by atoms with E-state index >= 15 is 0 Å². The van der Waals surface area contributed by atoms with Crippen molar-refractivity contribution in [2.24, 2.45) is 0 Å². The Labute approximate surface area is 142 Å². The average Bonchev–Trinajstić information content (AvgIpc) is 2.90. The minimum Gasteiger partial charge on any atom is -0.366 e. The molecule has 2 heterocycles. The van der Waals surface area contributed by atoms with Gasteiger partial charge in [0.15, 0.2) is 5.69 Å². The summed E-state index contributed by atoms with van der Waals surface area (Å²) < 4.78 is 0. The van der Waals surface area contributed by atoms with Crippen molar-refractivity contribution in [2.45, 2.75) is 51.1 Å². The van der Waals surface area contributed by atoms with E-state index in [1.54, 1.807) is 18.5 Å². The van der Waals surface area contributed by atoms with E-state index in [-0.39, 0.29) is 5.91 Å². The Bertz CT molecular complexity index is 636. The Balaban J connectivity index is 1.52. The summed E-state index contributed by atoms with van der Waals surface area (Å²) in [6.07, 6.45) is 11.0.